The molecular formula is C21H24N4O3. The lowest BCUT2D eigenvalue weighted by molar-refractivity contribution is 0.0456. The average Bonchev–Trinajstić information content (AvgIpc) is 3.37. The van der Waals surface area contributed by atoms with Crippen LogP contribution in [0.5, 0.6) is 0 Å². The topological polar surface area (TPSA) is 84.4 Å². The molecule has 3 heterocycles. The van der Waals surface area contributed by atoms with Crippen molar-refractivity contribution in [2.45, 2.75) is 32.4 Å². The summed E-state index contributed by atoms with van der Waals surface area (Å²) in [5.41, 5.74) is 2.32. The van der Waals surface area contributed by atoms with E-state index in [9.17, 15) is 9.90 Å². The summed E-state index contributed by atoms with van der Waals surface area (Å²) in [5, 5.41) is 18.7. The molecule has 0 aliphatic carbocycles. The van der Waals surface area contributed by atoms with Crippen LogP contribution >= 0.6 is 0 Å². The van der Waals surface area contributed by atoms with Gasteiger partial charge in [0.05, 0.1) is 12.3 Å². The highest BCUT2D eigenvalue weighted by Gasteiger charge is 2.29. The largest absolute Gasteiger partial charge is 0.388 e. The lowest BCUT2D eigenvalue weighted by Crippen LogP contribution is -2.39. The van der Waals surface area contributed by atoms with Crippen molar-refractivity contribution in [2.75, 3.05) is 13.1 Å². The normalized spacial score (nSPS) is 16.3. The van der Waals surface area contributed by atoms with Crippen molar-refractivity contribution < 1.29 is 14.4 Å². The van der Waals surface area contributed by atoms with Crippen molar-refractivity contribution in [3.8, 4) is 0 Å². The monoisotopic (exact) mass is 380 g/mol. The van der Waals surface area contributed by atoms with Gasteiger partial charge in [-0.2, -0.15) is 5.10 Å². The fourth-order valence-electron chi connectivity index (χ4n) is 3.70. The number of benzene rings is 1. The molecule has 1 aromatic carbocycles. The second-order valence-corrected chi connectivity index (χ2v) is 7.38. The Bertz CT molecular complexity index is 926. The highest BCUT2D eigenvalue weighted by molar-refractivity contribution is 5.92. The molecule has 1 N–H and O–H groups in total. The summed E-state index contributed by atoms with van der Waals surface area (Å²) in [4.78, 5) is 14.5. The van der Waals surface area contributed by atoms with E-state index in [4.69, 9.17) is 4.52 Å². The predicted molar refractivity (Wildman–Crippen MR) is 103 cm³/mol. The zero-order valence-corrected chi connectivity index (χ0v) is 15.9. The summed E-state index contributed by atoms with van der Waals surface area (Å²) in [7, 11) is 0. The van der Waals surface area contributed by atoms with Crippen molar-refractivity contribution in [2.24, 2.45) is 5.92 Å². The number of likely N-dealkylation sites (tertiary alicyclic amines) is 1. The molecule has 1 saturated heterocycles. The number of aliphatic hydroxyl groups is 1. The van der Waals surface area contributed by atoms with Crippen LogP contribution in [0.15, 0.2) is 53.3 Å². The molecule has 0 saturated carbocycles. The van der Waals surface area contributed by atoms with Crippen molar-refractivity contribution in [3.63, 3.8) is 0 Å². The van der Waals surface area contributed by atoms with Crippen LogP contribution in [0.3, 0.4) is 0 Å². The van der Waals surface area contributed by atoms with Gasteiger partial charge in [-0.25, -0.2) is 0 Å². The van der Waals surface area contributed by atoms with Crippen LogP contribution in [0.2, 0.25) is 0 Å². The molecule has 1 fully saturated rings. The van der Waals surface area contributed by atoms with Gasteiger partial charge in [0.1, 0.15) is 6.54 Å². The van der Waals surface area contributed by atoms with E-state index in [1.54, 1.807) is 21.8 Å². The summed E-state index contributed by atoms with van der Waals surface area (Å²) >= 11 is 0. The van der Waals surface area contributed by atoms with Gasteiger partial charge in [-0.15, -0.1) is 0 Å². The molecule has 2 aromatic heterocycles. The third-order valence-electron chi connectivity index (χ3n) is 5.27. The maximum Gasteiger partial charge on any atom is 0.276 e. The molecular weight excluding hydrogens is 356 g/mol. The Morgan fingerprint density at radius 1 is 1.29 bits per heavy atom. The third-order valence-corrected chi connectivity index (χ3v) is 5.27. The van der Waals surface area contributed by atoms with Gasteiger partial charge in [0.15, 0.2) is 11.5 Å². The summed E-state index contributed by atoms with van der Waals surface area (Å²) in [6, 6.07) is 11.4. The molecule has 4 rings (SSSR count). The molecule has 0 spiro atoms. The number of hydrogen-bond donors (Lipinski definition) is 1. The maximum absolute atomic E-state index is 12.7. The number of aliphatic hydroxyl groups excluding tert-OH is 1. The second-order valence-electron chi connectivity index (χ2n) is 7.38. The molecule has 7 nitrogen and oxygen atoms in total. The Labute approximate surface area is 163 Å². The number of rotatable bonds is 5. The van der Waals surface area contributed by atoms with Gasteiger partial charge < -0.3 is 14.5 Å². The number of amides is 1. The Kier molecular flexibility index (Phi) is 5.25. The molecule has 7 heteroatoms. The van der Waals surface area contributed by atoms with E-state index in [-0.39, 0.29) is 11.8 Å². The number of aryl methyl sites for hydroxylation is 1. The summed E-state index contributed by atoms with van der Waals surface area (Å²) in [5.74, 6) is 0.627. The molecule has 28 heavy (non-hydrogen) atoms. The highest BCUT2D eigenvalue weighted by atomic mass is 16.5. The van der Waals surface area contributed by atoms with Crippen molar-refractivity contribution in [3.05, 3.63) is 71.4 Å². The van der Waals surface area contributed by atoms with Gasteiger partial charge in [0.2, 0.25) is 0 Å². The van der Waals surface area contributed by atoms with Crippen molar-refractivity contribution in [1.29, 1.82) is 0 Å². The fourth-order valence-corrected chi connectivity index (χ4v) is 3.70. The van der Waals surface area contributed by atoms with Crippen LogP contribution in [0, 0.1) is 12.8 Å². The molecule has 146 valence electrons. The first kappa shape index (κ1) is 18.4. The SMILES string of the molecule is Cc1cnn(Cc2cc(C(=O)N3CCC([C@@H](O)c4ccccc4)CC3)no2)c1. The smallest absolute Gasteiger partial charge is 0.276 e. The van der Waals surface area contributed by atoms with Gasteiger partial charge >= 0.3 is 0 Å². The molecule has 0 bridgehead atoms. The van der Waals surface area contributed by atoms with Gasteiger partial charge in [-0.1, -0.05) is 35.5 Å². The first-order valence-corrected chi connectivity index (χ1v) is 9.57. The van der Waals surface area contributed by atoms with E-state index in [0.29, 0.717) is 31.1 Å². The first-order valence-electron chi connectivity index (χ1n) is 9.57. The Balaban J connectivity index is 1.34. The first-order chi connectivity index (χ1) is 13.6. The average molecular weight is 380 g/mol. The van der Waals surface area contributed by atoms with Crippen molar-refractivity contribution in [1.82, 2.24) is 19.8 Å². The molecule has 1 aliphatic heterocycles. The van der Waals surface area contributed by atoms with E-state index in [2.05, 4.69) is 10.3 Å². The summed E-state index contributed by atoms with van der Waals surface area (Å²) in [6.45, 7) is 3.62. The standard InChI is InChI=1S/C21H24N4O3/c1-15-12-22-25(13-15)14-18-11-19(23-28-18)21(27)24-9-7-17(8-10-24)20(26)16-5-3-2-4-6-16/h2-6,11-13,17,20,26H,7-10,14H2,1H3/t20-/m0/s1. The molecule has 3 aromatic rings. The molecule has 1 aliphatic rings. The Morgan fingerprint density at radius 3 is 2.71 bits per heavy atom. The van der Waals surface area contributed by atoms with E-state index in [0.717, 1.165) is 24.0 Å². The highest BCUT2D eigenvalue weighted by Crippen LogP contribution is 2.31. The third kappa shape index (κ3) is 3.99. The minimum atomic E-state index is -0.491. The zero-order chi connectivity index (χ0) is 19.5. The predicted octanol–water partition coefficient (Wildman–Crippen LogP) is 2.81. The van der Waals surface area contributed by atoms with Crippen LogP contribution in [-0.2, 0) is 6.54 Å². The minimum Gasteiger partial charge on any atom is -0.388 e. The Morgan fingerprint density at radius 2 is 2.04 bits per heavy atom. The fraction of sp³-hybridized carbons (Fsp3) is 0.381. The lowest BCUT2D eigenvalue weighted by atomic mass is 9.87. The van der Waals surface area contributed by atoms with Crippen LogP contribution in [-0.4, -0.2) is 43.9 Å². The van der Waals surface area contributed by atoms with Crippen LogP contribution in [0.25, 0.3) is 0 Å². The summed E-state index contributed by atoms with van der Waals surface area (Å²) in [6.07, 6.45) is 4.72. The van der Waals surface area contributed by atoms with E-state index < -0.39 is 6.10 Å². The van der Waals surface area contributed by atoms with Gasteiger partial charge in [-0.05, 0) is 36.8 Å². The number of carbonyl (C=O) groups is 1. The number of hydrogen-bond acceptors (Lipinski definition) is 5. The molecule has 0 unspecified atom stereocenters. The van der Waals surface area contributed by atoms with Gasteiger partial charge in [0, 0.05) is 25.4 Å². The minimum absolute atomic E-state index is 0.126. The van der Waals surface area contributed by atoms with E-state index in [1.807, 2.05) is 43.5 Å². The van der Waals surface area contributed by atoms with E-state index in [1.165, 1.54) is 0 Å². The number of nitrogens with zero attached hydrogens (tertiary/aromatic N) is 4. The van der Waals surface area contributed by atoms with Crippen LogP contribution in [0.1, 0.15) is 46.3 Å². The van der Waals surface area contributed by atoms with Gasteiger partial charge in [0.25, 0.3) is 5.91 Å². The maximum atomic E-state index is 12.7. The Hall–Kier alpha value is -2.93. The molecule has 1 amide bonds. The second kappa shape index (κ2) is 7.98. The molecule has 1 atom stereocenters. The van der Waals surface area contributed by atoms with Gasteiger partial charge in [-0.3, -0.25) is 9.48 Å². The lowest BCUT2D eigenvalue weighted by Gasteiger charge is -2.34. The number of aromatic nitrogens is 3. The number of piperidine rings is 1. The quantitative estimate of drug-likeness (QED) is 0.736. The molecule has 0 radical (unpaired) electrons. The zero-order valence-electron chi connectivity index (χ0n) is 15.9. The van der Waals surface area contributed by atoms with Crippen LogP contribution in [0.4, 0.5) is 0 Å². The van der Waals surface area contributed by atoms with Crippen LogP contribution < -0.4 is 0 Å². The summed E-state index contributed by atoms with van der Waals surface area (Å²) < 4.78 is 7.06. The number of carbonyl (C=O) groups excluding carboxylic acids is 1. The van der Waals surface area contributed by atoms with E-state index >= 15 is 0 Å². The van der Waals surface area contributed by atoms with Crippen molar-refractivity contribution >= 4 is 5.91 Å².